The highest BCUT2D eigenvalue weighted by Gasteiger charge is 2.26. The number of rotatable bonds is 6. The molecule has 11 heteroatoms. The summed E-state index contributed by atoms with van der Waals surface area (Å²) in [6, 6.07) is 9.68. The van der Waals surface area contributed by atoms with Gasteiger partial charge >= 0.3 is 18.1 Å². The minimum Gasteiger partial charge on any atom is -0.490 e. The fourth-order valence-corrected chi connectivity index (χ4v) is 3.58. The van der Waals surface area contributed by atoms with E-state index in [2.05, 4.69) is 23.1 Å². The molecule has 188 valence electrons. The number of aliphatic carboxylic acids is 1. The lowest BCUT2D eigenvalue weighted by atomic mass is 10.1. The molecule has 0 atom stereocenters. The number of amides is 3. The second kappa shape index (κ2) is 11.3. The molecule has 2 N–H and O–H groups in total. The average molecular weight is 503 g/mol. The molecule has 1 aromatic heterocycles. The zero-order chi connectivity index (χ0) is 25.6. The molecule has 2 heterocycles. The number of nitrogens with one attached hydrogen (secondary N) is 1. The number of hydrogen-bond donors (Lipinski definition) is 3. The van der Waals surface area contributed by atoms with Crippen molar-refractivity contribution in [2.24, 2.45) is 0 Å². The van der Waals surface area contributed by atoms with Gasteiger partial charge in [0.15, 0.2) is 0 Å². The van der Waals surface area contributed by atoms with Gasteiger partial charge in [0, 0.05) is 37.5 Å². The number of aromatic nitrogens is 1. The van der Waals surface area contributed by atoms with E-state index >= 15 is 0 Å². The Morgan fingerprint density at radius 2 is 1.80 bits per heavy atom. The summed E-state index contributed by atoms with van der Waals surface area (Å²) < 4.78 is 12.5. The summed E-state index contributed by atoms with van der Waals surface area (Å²) in [6.07, 6.45) is 2.08. The summed E-state index contributed by atoms with van der Waals surface area (Å²) in [5.41, 5.74) is 0.731. The average Bonchev–Trinajstić information content (AvgIpc) is 2.79. The highest BCUT2D eigenvalue weighted by Crippen LogP contribution is 2.22. The molecule has 3 amide bonds. The first-order valence-corrected chi connectivity index (χ1v) is 11.6. The third-order valence-electron chi connectivity index (χ3n) is 5.11. The Hall–Kier alpha value is -3.47. The molecule has 1 fully saturated rings. The first kappa shape index (κ1) is 26.1. The van der Waals surface area contributed by atoms with Gasteiger partial charge in [-0.25, -0.2) is 18.9 Å². The van der Waals surface area contributed by atoms with Crippen LogP contribution in [0.1, 0.15) is 39.2 Å². The molecule has 0 saturated carbocycles. The quantitative estimate of drug-likeness (QED) is 0.512. The normalized spacial score (nSPS) is 14.2. The highest BCUT2D eigenvalue weighted by atomic mass is 32.1. The van der Waals surface area contributed by atoms with Crippen molar-refractivity contribution in [3.63, 3.8) is 0 Å². The monoisotopic (exact) mass is 502 g/mol. The van der Waals surface area contributed by atoms with Gasteiger partial charge in [-0.05, 0) is 44.5 Å². The number of carboxylic acids is 1. The summed E-state index contributed by atoms with van der Waals surface area (Å²) in [7, 11) is 0. The number of carbonyl (C=O) groups is 3. The highest BCUT2D eigenvalue weighted by molar-refractivity contribution is 7.82. The number of thiol groups is 1. The fourth-order valence-electron chi connectivity index (χ4n) is 3.41. The van der Waals surface area contributed by atoms with Crippen LogP contribution < -0.4 is 19.1 Å². The first-order chi connectivity index (χ1) is 16.5. The third-order valence-corrected chi connectivity index (χ3v) is 5.53. The smallest absolute Gasteiger partial charge is 0.416 e. The van der Waals surface area contributed by atoms with Gasteiger partial charge in [-0.1, -0.05) is 24.9 Å². The number of benzene rings is 1. The van der Waals surface area contributed by atoms with E-state index in [4.69, 9.17) is 14.6 Å². The molecular weight excluding hydrogens is 472 g/mol. The van der Waals surface area contributed by atoms with Crippen LogP contribution in [0.3, 0.4) is 0 Å². The minimum absolute atomic E-state index is 0.0300. The number of carboxylic acid groups (broad SMARTS) is 1. The molecule has 0 radical (unpaired) electrons. The maximum absolute atomic E-state index is 12.5. The number of nitrogens with zero attached hydrogens (tertiary/aromatic N) is 3. The van der Waals surface area contributed by atoms with Crippen molar-refractivity contribution in [3.05, 3.63) is 48.2 Å². The minimum atomic E-state index is -0.878. The molecule has 0 spiro atoms. The van der Waals surface area contributed by atoms with E-state index in [1.165, 1.54) is 12.3 Å². The number of ether oxygens (including phenoxy) is 2. The number of anilines is 1. The lowest BCUT2D eigenvalue weighted by Crippen LogP contribution is -2.45. The molecular formula is C24H30N4O6S. The van der Waals surface area contributed by atoms with Crippen molar-refractivity contribution < 1.29 is 29.0 Å². The van der Waals surface area contributed by atoms with Crippen molar-refractivity contribution in [2.45, 2.75) is 51.7 Å². The topological polar surface area (TPSA) is 121 Å². The molecule has 1 saturated heterocycles. The molecule has 1 aromatic carbocycles. The maximum Gasteiger partial charge on any atom is 0.416 e. The lowest BCUT2D eigenvalue weighted by Gasteiger charge is -2.31. The summed E-state index contributed by atoms with van der Waals surface area (Å²) in [5.74, 6) is -0.0911. The van der Waals surface area contributed by atoms with E-state index < -0.39 is 23.6 Å². The van der Waals surface area contributed by atoms with Crippen LogP contribution in [0.4, 0.5) is 15.3 Å². The van der Waals surface area contributed by atoms with E-state index in [9.17, 15) is 14.4 Å². The van der Waals surface area contributed by atoms with Gasteiger partial charge in [-0.3, -0.25) is 4.79 Å². The standard InChI is InChI=1S/C24H30N4O6S/c1-24(2,3)26-22(31)28(35)17-6-9-20(25-15-17)34-23(32)27-12-10-19(11-13-27)33-18-7-4-16(5-8-18)14-21(29)30/h4-9,15,19,35H,10-14H2,1-3H3,(H,26,31)(H,29,30). The van der Waals surface area contributed by atoms with Crippen LogP contribution in [-0.4, -0.2) is 57.8 Å². The van der Waals surface area contributed by atoms with Crippen molar-refractivity contribution in [3.8, 4) is 11.6 Å². The summed E-state index contributed by atoms with van der Waals surface area (Å²) in [6.45, 7) is 6.53. The van der Waals surface area contributed by atoms with Crippen LogP contribution in [0, 0.1) is 0 Å². The van der Waals surface area contributed by atoms with E-state index in [-0.39, 0.29) is 18.4 Å². The second-order valence-corrected chi connectivity index (χ2v) is 9.63. The Kier molecular flexibility index (Phi) is 8.44. The van der Waals surface area contributed by atoms with Crippen molar-refractivity contribution in [1.29, 1.82) is 0 Å². The van der Waals surface area contributed by atoms with E-state index in [1.807, 2.05) is 20.8 Å². The van der Waals surface area contributed by atoms with Crippen LogP contribution in [0.5, 0.6) is 11.6 Å². The number of pyridine rings is 1. The Labute approximate surface area is 209 Å². The van der Waals surface area contributed by atoms with Crippen molar-refractivity contribution >= 4 is 36.6 Å². The molecule has 35 heavy (non-hydrogen) atoms. The summed E-state index contributed by atoms with van der Waals surface area (Å²) >= 11 is 4.21. The number of urea groups is 1. The van der Waals surface area contributed by atoms with Gasteiger partial charge in [0.05, 0.1) is 18.3 Å². The van der Waals surface area contributed by atoms with Gasteiger partial charge < -0.3 is 24.8 Å². The molecule has 10 nitrogen and oxygen atoms in total. The number of likely N-dealkylation sites (tertiary alicyclic amines) is 1. The van der Waals surface area contributed by atoms with E-state index in [0.29, 0.717) is 42.9 Å². The van der Waals surface area contributed by atoms with Crippen molar-refractivity contribution in [2.75, 3.05) is 17.4 Å². The Balaban J connectivity index is 1.46. The molecule has 0 aliphatic carbocycles. The lowest BCUT2D eigenvalue weighted by molar-refractivity contribution is -0.136. The Morgan fingerprint density at radius 1 is 1.14 bits per heavy atom. The van der Waals surface area contributed by atoms with Crippen molar-refractivity contribution in [1.82, 2.24) is 15.2 Å². The SMILES string of the molecule is CC(C)(C)NC(=O)N(S)c1ccc(OC(=O)N2CCC(Oc3ccc(CC(=O)O)cc3)CC2)nc1. The van der Waals surface area contributed by atoms with Gasteiger partial charge in [-0.2, -0.15) is 0 Å². The Bertz CT molecular complexity index is 1030. The number of carbonyl (C=O) groups excluding carboxylic acids is 2. The van der Waals surface area contributed by atoms with E-state index in [0.717, 1.165) is 4.31 Å². The molecule has 1 aliphatic heterocycles. The third kappa shape index (κ3) is 8.06. The largest absolute Gasteiger partial charge is 0.490 e. The van der Waals surface area contributed by atoms with Crippen LogP contribution in [0.2, 0.25) is 0 Å². The van der Waals surface area contributed by atoms with Gasteiger partial charge in [-0.15, -0.1) is 0 Å². The predicted molar refractivity (Wildman–Crippen MR) is 133 cm³/mol. The molecule has 3 rings (SSSR count). The van der Waals surface area contributed by atoms with Crippen LogP contribution >= 0.6 is 12.8 Å². The first-order valence-electron chi connectivity index (χ1n) is 11.2. The summed E-state index contributed by atoms with van der Waals surface area (Å²) in [4.78, 5) is 41.2. The van der Waals surface area contributed by atoms with Gasteiger partial charge in [0.2, 0.25) is 5.88 Å². The van der Waals surface area contributed by atoms with Crippen LogP contribution in [0.15, 0.2) is 42.6 Å². The molecule has 1 aliphatic rings. The fraction of sp³-hybridized carbons (Fsp3) is 0.417. The zero-order valence-corrected chi connectivity index (χ0v) is 20.8. The predicted octanol–water partition coefficient (Wildman–Crippen LogP) is 3.91. The zero-order valence-electron chi connectivity index (χ0n) is 19.9. The van der Waals surface area contributed by atoms with Gasteiger partial charge in [0.25, 0.3) is 0 Å². The van der Waals surface area contributed by atoms with Crippen LogP contribution in [-0.2, 0) is 11.2 Å². The molecule has 2 aromatic rings. The number of piperidine rings is 1. The molecule has 0 unspecified atom stereocenters. The summed E-state index contributed by atoms with van der Waals surface area (Å²) in [5, 5.41) is 11.6. The van der Waals surface area contributed by atoms with Crippen LogP contribution in [0.25, 0.3) is 0 Å². The maximum atomic E-state index is 12.5. The molecule has 0 bridgehead atoms. The Morgan fingerprint density at radius 3 is 2.34 bits per heavy atom. The number of hydrogen-bond acceptors (Lipinski definition) is 7. The van der Waals surface area contributed by atoms with Gasteiger partial charge in [0.1, 0.15) is 11.9 Å². The second-order valence-electron chi connectivity index (χ2n) is 9.23. The van der Waals surface area contributed by atoms with E-state index in [1.54, 1.807) is 35.2 Å².